The number of likely N-dealkylation sites (N-methyl/N-ethyl adjacent to an activating group) is 1. The van der Waals surface area contributed by atoms with Crippen molar-refractivity contribution in [1.82, 2.24) is 10.3 Å². The van der Waals surface area contributed by atoms with E-state index in [9.17, 15) is 4.79 Å². The molecule has 0 aliphatic rings. The van der Waals surface area contributed by atoms with Crippen LogP contribution in [0.1, 0.15) is 13.3 Å². The molecule has 0 saturated carbocycles. The molecule has 0 heterocycles. The number of hydrogen-bond donors (Lipinski definition) is 3. The zero-order valence-corrected chi connectivity index (χ0v) is 9.40. The maximum atomic E-state index is 11.4. The lowest BCUT2D eigenvalue weighted by atomic mass is 10.2. The van der Waals surface area contributed by atoms with Gasteiger partial charge in [0.1, 0.15) is 6.04 Å². The molecule has 0 rings (SSSR count). The van der Waals surface area contributed by atoms with Crippen LogP contribution >= 0.6 is 0 Å². The summed E-state index contributed by atoms with van der Waals surface area (Å²) in [5.41, 5.74) is 2.12. The van der Waals surface area contributed by atoms with Gasteiger partial charge in [-0.1, -0.05) is 6.92 Å². The third-order valence-electron chi connectivity index (χ3n) is 2.22. The number of carbonyl (C=O) groups excluding carboxylic acids is 1. The minimum atomic E-state index is -0.392. The van der Waals surface area contributed by atoms with Crippen LogP contribution in [0.25, 0.3) is 0 Å². The molecule has 1 amide bonds. The fourth-order valence-corrected chi connectivity index (χ4v) is 1.41. The van der Waals surface area contributed by atoms with Gasteiger partial charge < -0.3 is 9.84 Å². The first-order valence-corrected chi connectivity index (χ1v) is 5.05. The number of hydrazine groups is 1. The number of nitrogens with one attached hydrogen (secondary N) is 1. The number of aliphatic hydroxyl groups excluding tert-OH is 1. The Morgan fingerprint density at radius 3 is 2.73 bits per heavy atom. The molecule has 4 N–H and O–H groups in total. The third-order valence-corrected chi connectivity index (χ3v) is 2.22. The summed E-state index contributed by atoms with van der Waals surface area (Å²) in [7, 11) is 1.54. The van der Waals surface area contributed by atoms with E-state index < -0.39 is 6.04 Å². The van der Waals surface area contributed by atoms with E-state index in [0.717, 1.165) is 0 Å². The number of aliphatic hydroxyl groups is 1. The summed E-state index contributed by atoms with van der Waals surface area (Å²) < 4.78 is 4.97. The van der Waals surface area contributed by atoms with Crippen LogP contribution in [0.5, 0.6) is 0 Å². The average Bonchev–Trinajstić information content (AvgIpc) is 2.27. The zero-order chi connectivity index (χ0) is 11.7. The Balaban J connectivity index is 4.32. The second-order valence-corrected chi connectivity index (χ2v) is 3.19. The molecular weight excluding hydrogens is 198 g/mol. The van der Waals surface area contributed by atoms with Crippen LogP contribution in [-0.4, -0.2) is 55.4 Å². The molecule has 0 bridgehead atoms. The third kappa shape index (κ3) is 5.08. The number of hydrogen-bond acceptors (Lipinski definition) is 5. The molecule has 90 valence electrons. The summed E-state index contributed by atoms with van der Waals surface area (Å²) >= 11 is 0. The monoisotopic (exact) mass is 219 g/mol. The molecule has 0 fully saturated rings. The lowest BCUT2D eigenvalue weighted by molar-refractivity contribution is -0.128. The average molecular weight is 219 g/mol. The standard InChI is InChI=1S/C9H21N3O3/c1-3-12(5-4-6-13)8(7-15-2)9(14)11-10/h8,13H,3-7,10H2,1-2H3,(H,11,14). The van der Waals surface area contributed by atoms with Crippen molar-refractivity contribution in [2.24, 2.45) is 5.84 Å². The lowest BCUT2D eigenvalue weighted by Crippen LogP contribution is -2.51. The summed E-state index contributed by atoms with van der Waals surface area (Å²) in [4.78, 5) is 13.4. The van der Waals surface area contributed by atoms with Gasteiger partial charge in [-0.15, -0.1) is 0 Å². The smallest absolute Gasteiger partial charge is 0.253 e. The Morgan fingerprint density at radius 2 is 2.33 bits per heavy atom. The van der Waals surface area contributed by atoms with Gasteiger partial charge in [-0.3, -0.25) is 15.1 Å². The van der Waals surface area contributed by atoms with Gasteiger partial charge >= 0.3 is 0 Å². The Kier molecular flexibility index (Phi) is 8.21. The SMILES string of the molecule is CCN(CCCO)C(COC)C(=O)NN. The van der Waals surface area contributed by atoms with E-state index in [0.29, 0.717) is 26.1 Å². The van der Waals surface area contributed by atoms with E-state index in [-0.39, 0.29) is 12.5 Å². The van der Waals surface area contributed by atoms with Gasteiger partial charge in [0.05, 0.1) is 6.61 Å². The van der Waals surface area contributed by atoms with Gasteiger partial charge in [0, 0.05) is 20.3 Å². The Morgan fingerprint density at radius 1 is 1.67 bits per heavy atom. The van der Waals surface area contributed by atoms with Crippen LogP contribution in [0, 0.1) is 0 Å². The number of rotatable bonds is 8. The van der Waals surface area contributed by atoms with E-state index in [1.54, 1.807) is 0 Å². The van der Waals surface area contributed by atoms with Gasteiger partial charge in [-0.2, -0.15) is 0 Å². The fraction of sp³-hybridized carbons (Fsp3) is 0.889. The highest BCUT2D eigenvalue weighted by Gasteiger charge is 2.23. The second-order valence-electron chi connectivity index (χ2n) is 3.19. The van der Waals surface area contributed by atoms with Gasteiger partial charge in [0.25, 0.3) is 5.91 Å². The predicted molar refractivity (Wildman–Crippen MR) is 56.9 cm³/mol. The molecule has 6 nitrogen and oxygen atoms in total. The summed E-state index contributed by atoms with van der Waals surface area (Å²) in [5.74, 6) is 4.83. The fourth-order valence-electron chi connectivity index (χ4n) is 1.41. The normalized spacial score (nSPS) is 12.9. The van der Waals surface area contributed by atoms with Crippen LogP contribution < -0.4 is 11.3 Å². The molecule has 0 aromatic heterocycles. The van der Waals surface area contributed by atoms with Gasteiger partial charge in [-0.05, 0) is 13.0 Å². The summed E-state index contributed by atoms with van der Waals surface area (Å²) in [6, 6.07) is -0.392. The molecule has 0 aromatic rings. The van der Waals surface area contributed by atoms with Crippen molar-refractivity contribution < 1.29 is 14.6 Å². The minimum Gasteiger partial charge on any atom is -0.396 e. The minimum absolute atomic E-state index is 0.112. The first kappa shape index (κ1) is 14.3. The van der Waals surface area contributed by atoms with Crippen LogP contribution in [-0.2, 0) is 9.53 Å². The molecule has 6 heteroatoms. The Hall–Kier alpha value is -0.690. The van der Waals surface area contributed by atoms with Crippen LogP contribution in [0.2, 0.25) is 0 Å². The second kappa shape index (κ2) is 8.60. The maximum Gasteiger partial charge on any atom is 0.253 e. The largest absolute Gasteiger partial charge is 0.396 e. The van der Waals surface area contributed by atoms with E-state index in [2.05, 4.69) is 5.43 Å². The molecule has 1 unspecified atom stereocenters. The first-order chi connectivity index (χ1) is 7.21. The van der Waals surface area contributed by atoms with Crippen LogP contribution in [0.4, 0.5) is 0 Å². The van der Waals surface area contributed by atoms with Crippen LogP contribution in [0.15, 0.2) is 0 Å². The Bertz CT molecular complexity index is 178. The van der Waals surface area contributed by atoms with Crippen molar-refractivity contribution in [3.05, 3.63) is 0 Å². The van der Waals surface area contributed by atoms with Crippen molar-refractivity contribution in [3.8, 4) is 0 Å². The summed E-state index contributed by atoms with van der Waals surface area (Å²) in [6.45, 7) is 3.71. The molecule has 1 atom stereocenters. The highest BCUT2D eigenvalue weighted by atomic mass is 16.5. The molecule has 0 spiro atoms. The van der Waals surface area contributed by atoms with Crippen molar-refractivity contribution in [2.45, 2.75) is 19.4 Å². The van der Waals surface area contributed by atoms with Crippen molar-refractivity contribution in [1.29, 1.82) is 0 Å². The molecule has 15 heavy (non-hydrogen) atoms. The molecule has 0 radical (unpaired) electrons. The zero-order valence-electron chi connectivity index (χ0n) is 9.40. The summed E-state index contributed by atoms with van der Waals surface area (Å²) in [5, 5.41) is 8.73. The van der Waals surface area contributed by atoms with Crippen molar-refractivity contribution in [2.75, 3.05) is 33.4 Å². The number of nitrogens with zero attached hydrogens (tertiary/aromatic N) is 1. The molecule has 0 aromatic carbocycles. The van der Waals surface area contributed by atoms with Gasteiger partial charge in [0.15, 0.2) is 0 Å². The van der Waals surface area contributed by atoms with Gasteiger partial charge in [-0.25, -0.2) is 5.84 Å². The first-order valence-electron chi connectivity index (χ1n) is 5.05. The van der Waals surface area contributed by atoms with E-state index in [1.807, 2.05) is 11.8 Å². The van der Waals surface area contributed by atoms with E-state index >= 15 is 0 Å². The highest BCUT2D eigenvalue weighted by molar-refractivity contribution is 5.81. The van der Waals surface area contributed by atoms with E-state index in [4.69, 9.17) is 15.7 Å². The van der Waals surface area contributed by atoms with Gasteiger partial charge in [0.2, 0.25) is 0 Å². The number of ether oxygens (including phenoxy) is 1. The number of carbonyl (C=O) groups is 1. The predicted octanol–water partition coefficient (Wildman–Crippen LogP) is -1.30. The van der Waals surface area contributed by atoms with Crippen molar-refractivity contribution >= 4 is 5.91 Å². The molecular formula is C9H21N3O3. The lowest BCUT2D eigenvalue weighted by Gasteiger charge is -2.28. The topological polar surface area (TPSA) is 87.8 Å². The maximum absolute atomic E-state index is 11.4. The van der Waals surface area contributed by atoms with E-state index in [1.165, 1.54) is 7.11 Å². The molecule has 0 saturated heterocycles. The molecule has 0 aliphatic carbocycles. The number of nitrogens with two attached hydrogens (primary N) is 1. The number of methoxy groups -OCH3 is 1. The summed E-state index contributed by atoms with van der Waals surface area (Å²) in [6.07, 6.45) is 0.631. The molecule has 0 aliphatic heterocycles. The quantitative estimate of drug-likeness (QED) is 0.268. The van der Waals surface area contributed by atoms with Crippen molar-refractivity contribution in [3.63, 3.8) is 0 Å². The Labute approximate surface area is 90.3 Å². The number of amides is 1. The highest BCUT2D eigenvalue weighted by Crippen LogP contribution is 2.01. The van der Waals surface area contributed by atoms with Crippen LogP contribution in [0.3, 0.4) is 0 Å².